The second-order valence-corrected chi connectivity index (χ2v) is 5.43. The lowest BCUT2D eigenvalue weighted by atomic mass is 10.1. The van der Waals surface area contributed by atoms with Gasteiger partial charge in [0.05, 0.1) is 5.69 Å². The zero-order valence-corrected chi connectivity index (χ0v) is 12.3. The van der Waals surface area contributed by atoms with Crippen molar-refractivity contribution in [1.29, 1.82) is 0 Å². The molecule has 0 fully saturated rings. The summed E-state index contributed by atoms with van der Waals surface area (Å²) < 4.78 is 5.33. The molecule has 2 rings (SSSR count). The second-order valence-electron chi connectivity index (χ2n) is 4.46. The summed E-state index contributed by atoms with van der Waals surface area (Å²) in [6.07, 6.45) is 4.61. The van der Waals surface area contributed by atoms with Crippen LogP contribution in [0.3, 0.4) is 0 Å². The molecule has 102 valence electrons. The Morgan fingerprint density at radius 1 is 1.47 bits per heavy atom. The van der Waals surface area contributed by atoms with E-state index in [1.54, 1.807) is 6.26 Å². The molecule has 0 spiro atoms. The summed E-state index contributed by atoms with van der Waals surface area (Å²) in [6, 6.07) is 4.45. The van der Waals surface area contributed by atoms with Crippen LogP contribution in [0.4, 0.5) is 0 Å². The van der Waals surface area contributed by atoms with E-state index < -0.39 is 0 Å². The van der Waals surface area contributed by atoms with Gasteiger partial charge in [0.25, 0.3) is 5.22 Å². The Morgan fingerprint density at radius 3 is 3.00 bits per heavy atom. The van der Waals surface area contributed by atoms with Gasteiger partial charge in [-0.15, -0.1) is 0 Å². The predicted molar refractivity (Wildman–Crippen MR) is 76.3 cm³/mol. The first-order valence-corrected chi connectivity index (χ1v) is 7.30. The van der Waals surface area contributed by atoms with Crippen molar-refractivity contribution >= 4 is 11.8 Å². The van der Waals surface area contributed by atoms with Gasteiger partial charge < -0.3 is 9.73 Å². The molecule has 1 atom stereocenters. The molecule has 0 aliphatic heterocycles. The fourth-order valence-electron chi connectivity index (χ4n) is 1.70. The zero-order chi connectivity index (χ0) is 13.7. The van der Waals surface area contributed by atoms with Crippen molar-refractivity contribution < 1.29 is 4.42 Å². The maximum absolute atomic E-state index is 5.33. The second kappa shape index (κ2) is 6.73. The number of oxazole rings is 1. The molecule has 0 saturated heterocycles. The van der Waals surface area contributed by atoms with Crippen LogP contribution < -0.4 is 5.32 Å². The molecule has 1 unspecified atom stereocenters. The smallest absolute Gasteiger partial charge is 0.262 e. The molecule has 2 aromatic heterocycles. The van der Waals surface area contributed by atoms with Crippen LogP contribution in [0, 0.1) is 6.92 Å². The number of pyridine rings is 1. The number of nitrogens with one attached hydrogen (secondary N) is 1. The van der Waals surface area contributed by atoms with E-state index in [4.69, 9.17) is 4.42 Å². The Hall–Kier alpha value is -1.33. The third-order valence-electron chi connectivity index (χ3n) is 2.75. The van der Waals surface area contributed by atoms with Crippen LogP contribution in [-0.4, -0.2) is 16.5 Å². The largest absolute Gasteiger partial charge is 0.439 e. The monoisotopic (exact) mass is 277 g/mol. The summed E-state index contributed by atoms with van der Waals surface area (Å²) in [5.41, 5.74) is 2.12. The number of rotatable bonds is 6. The van der Waals surface area contributed by atoms with Gasteiger partial charge in [-0.3, -0.25) is 0 Å². The van der Waals surface area contributed by atoms with E-state index in [1.807, 2.05) is 19.2 Å². The van der Waals surface area contributed by atoms with Crippen molar-refractivity contribution in [3.05, 3.63) is 35.9 Å². The van der Waals surface area contributed by atoms with Crippen molar-refractivity contribution in [2.24, 2.45) is 0 Å². The average Bonchev–Trinajstić information content (AvgIpc) is 2.81. The molecule has 0 aromatic carbocycles. The highest BCUT2D eigenvalue weighted by Crippen LogP contribution is 2.26. The van der Waals surface area contributed by atoms with Gasteiger partial charge in [-0.25, -0.2) is 9.97 Å². The van der Waals surface area contributed by atoms with Gasteiger partial charge in [-0.05, 0) is 56.3 Å². The number of hydrogen-bond donors (Lipinski definition) is 1. The quantitative estimate of drug-likeness (QED) is 0.874. The first-order valence-electron chi connectivity index (χ1n) is 6.48. The van der Waals surface area contributed by atoms with E-state index in [0.717, 1.165) is 23.7 Å². The standard InChI is InChI=1S/C14H19N3OS/c1-4-6-15-11(3)12-5-7-16-13(8-12)19-14-17-10(2)9-18-14/h5,7-9,11,15H,4,6H2,1-3H3. The molecule has 5 heteroatoms. The topological polar surface area (TPSA) is 51.0 Å². The van der Waals surface area contributed by atoms with Gasteiger partial charge in [-0.1, -0.05) is 6.92 Å². The lowest BCUT2D eigenvalue weighted by Gasteiger charge is -2.13. The molecule has 0 radical (unpaired) electrons. The summed E-state index contributed by atoms with van der Waals surface area (Å²) in [4.78, 5) is 8.61. The summed E-state index contributed by atoms with van der Waals surface area (Å²) in [7, 11) is 0. The fourth-order valence-corrected chi connectivity index (χ4v) is 2.47. The third-order valence-corrected chi connectivity index (χ3v) is 3.54. The Labute approximate surface area is 118 Å². The molecule has 0 aliphatic carbocycles. The van der Waals surface area contributed by atoms with Crippen molar-refractivity contribution in [3.63, 3.8) is 0 Å². The lowest BCUT2D eigenvalue weighted by Crippen LogP contribution is -2.19. The van der Waals surface area contributed by atoms with Gasteiger partial charge in [0.1, 0.15) is 11.3 Å². The first-order chi connectivity index (χ1) is 9.19. The van der Waals surface area contributed by atoms with Gasteiger partial charge in [0.2, 0.25) is 0 Å². The Balaban J connectivity index is 2.06. The minimum atomic E-state index is 0.327. The van der Waals surface area contributed by atoms with Crippen LogP contribution in [0.5, 0.6) is 0 Å². The highest BCUT2D eigenvalue weighted by molar-refractivity contribution is 7.99. The minimum Gasteiger partial charge on any atom is -0.439 e. The maximum Gasteiger partial charge on any atom is 0.262 e. The van der Waals surface area contributed by atoms with Crippen LogP contribution in [0.25, 0.3) is 0 Å². The fraction of sp³-hybridized carbons (Fsp3) is 0.429. The number of aryl methyl sites for hydroxylation is 1. The van der Waals surface area contributed by atoms with E-state index in [0.29, 0.717) is 11.3 Å². The first kappa shape index (κ1) is 14.1. The summed E-state index contributed by atoms with van der Waals surface area (Å²) in [5, 5.41) is 5.01. The number of aromatic nitrogens is 2. The molecular formula is C14H19N3OS. The normalized spacial score (nSPS) is 12.6. The molecule has 0 saturated carbocycles. The molecule has 1 N–H and O–H groups in total. The zero-order valence-electron chi connectivity index (χ0n) is 11.5. The molecule has 4 nitrogen and oxygen atoms in total. The predicted octanol–water partition coefficient (Wildman–Crippen LogP) is 3.59. The van der Waals surface area contributed by atoms with E-state index in [2.05, 4.69) is 35.2 Å². The van der Waals surface area contributed by atoms with Crippen molar-refractivity contribution in [3.8, 4) is 0 Å². The summed E-state index contributed by atoms with van der Waals surface area (Å²) in [5.74, 6) is 0. The molecule has 2 heterocycles. The van der Waals surface area contributed by atoms with Crippen molar-refractivity contribution in [2.75, 3.05) is 6.54 Å². The average molecular weight is 277 g/mol. The molecule has 2 aromatic rings. The van der Waals surface area contributed by atoms with Crippen molar-refractivity contribution in [1.82, 2.24) is 15.3 Å². The maximum atomic E-state index is 5.33. The van der Waals surface area contributed by atoms with Gasteiger partial charge in [0, 0.05) is 12.2 Å². The molecule has 19 heavy (non-hydrogen) atoms. The van der Waals surface area contributed by atoms with Crippen LogP contribution >= 0.6 is 11.8 Å². The van der Waals surface area contributed by atoms with Crippen molar-refractivity contribution in [2.45, 2.75) is 43.5 Å². The van der Waals surface area contributed by atoms with Crippen LogP contribution in [0.15, 0.2) is 39.3 Å². The Bertz CT molecular complexity index is 527. The van der Waals surface area contributed by atoms with Crippen LogP contribution in [-0.2, 0) is 0 Å². The molecular weight excluding hydrogens is 258 g/mol. The van der Waals surface area contributed by atoms with E-state index in [1.165, 1.54) is 17.3 Å². The highest BCUT2D eigenvalue weighted by atomic mass is 32.2. The third kappa shape index (κ3) is 4.08. The highest BCUT2D eigenvalue weighted by Gasteiger charge is 2.08. The van der Waals surface area contributed by atoms with E-state index >= 15 is 0 Å². The molecule has 0 aliphatic rings. The minimum absolute atomic E-state index is 0.327. The molecule has 0 bridgehead atoms. The Morgan fingerprint density at radius 2 is 2.32 bits per heavy atom. The van der Waals surface area contributed by atoms with Gasteiger partial charge in [0.15, 0.2) is 0 Å². The SMILES string of the molecule is CCCNC(C)c1ccnc(Sc2nc(C)co2)c1. The number of nitrogens with zero attached hydrogens (tertiary/aromatic N) is 2. The number of hydrogen-bond acceptors (Lipinski definition) is 5. The van der Waals surface area contributed by atoms with Crippen LogP contribution in [0.1, 0.15) is 37.6 Å². The Kier molecular flexibility index (Phi) is 4.99. The van der Waals surface area contributed by atoms with Gasteiger partial charge >= 0.3 is 0 Å². The van der Waals surface area contributed by atoms with Gasteiger partial charge in [-0.2, -0.15) is 0 Å². The molecule has 0 amide bonds. The van der Waals surface area contributed by atoms with E-state index in [-0.39, 0.29) is 0 Å². The van der Waals surface area contributed by atoms with Crippen LogP contribution in [0.2, 0.25) is 0 Å². The summed E-state index contributed by atoms with van der Waals surface area (Å²) in [6.45, 7) is 7.26. The summed E-state index contributed by atoms with van der Waals surface area (Å²) >= 11 is 1.45. The van der Waals surface area contributed by atoms with E-state index in [9.17, 15) is 0 Å². The lowest BCUT2D eigenvalue weighted by molar-refractivity contribution is 0.453.